The van der Waals surface area contributed by atoms with Gasteiger partial charge in [0.2, 0.25) is 5.91 Å². The first kappa shape index (κ1) is 27.3. The van der Waals surface area contributed by atoms with Crippen molar-refractivity contribution in [2.24, 2.45) is 5.73 Å². The van der Waals surface area contributed by atoms with Crippen molar-refractivity contribution in [1.82, 2.24) is 10.3 Å². The average Bonchev–Trinajstić information content (AvgIpc) is 2.91. The molecule has 2 amide bonds. The zero-order valence-electron chi connectivity index (χ0n) is 21.2. The molecule has 4 N–H and O–H groups in total. The van der Waals surface area contributed by atoms with Gasteiger partial charge in [0.25, 0.3) is 5.91 Å². The number of hydrogen-bond acceptors (Lipinski definition) is 6. The third-order valence-electron chi connectivity index (χ3n) is 6.35. The SMILES string of the molecule is NC(=O)C[C@H](Cc1ccc2ccccc2c1)OC(=O)[C@H](CCCC(=O)O)NC(=O)c1nccc2ccccc12. The Hall–Kier alpha value is -4.79. The summed E-state index contributed by atoms with van der Waals surface area (Å²) in [5, 5.41) is 15.2. The zero-order chi connectivity index (χ0) is 27.8. The van der Waals surface area contributed by atoms with E-state index in [0.717, 1.165) is 21.7 Å². The number of aromatic nitrogens is 1. The minimum atomic E-state index is -1.15. The number of pyridine rings is 1. The van der Waals surface area contributed by atoms with Crippen molar-refractivity contribution in [3.8, 4) is 0 Å². The summed E-state index contributed by atoms with van der Waals surface area (Å²) in [5.74, 6) is -3.03. The lowest BCUT2D eigenvalue weighted by atomic mass is 10.0. The van der Waals surface area contributed by atoms with Gasteiger partial charge in [-0.15, -0.1) is 0 Å². The van der Waals surface area contributed by atoms with Crippen LogP contribution in [0.1, 0.15) is 41.7 Å². The normalized spacial score (nSPS) is 12.5. The van der Waals surface area contributed by atoms with Crippen molar-refractivity contribution in [2.75, 3.05) is 0 Å². The molecule has 2 atom stereocenters. The Balaban J connectivity index is 1.53. The summed E-state index contributed by atoms with van der Waals surface area (Å²) in [7, 11) is 0. The number of carbonyl (C=O) groups excluding carboxylic acids is 3. The van der Waals surface area contributed by atoms with Crippen LogP contribution in [-0.4, -0.2) is 46.0 Å². The van der Waals surface area contributed by atoms with Crippen molar-refractivity contribution >= 4 is 45.3 Å². The number of carboxylic acid groups (broad SMARTS) is 1. The molecule has 0 saturated heterocycles. The number of carboxylic acids is 1. The summed E-state index contributed by atoms with van der Waals surface area (Å²) in [5.41, 5.74) is 6.42. The van der Waals surface area contributed by atoms with Crippen LogP contribution in [0.15, 0.2) is 79.0 Å². The number of nitrogens with one attached hydrogen (secondary N) is 1. The molecule has 0 bridgehead atoms. The quantitative estimate of drug-likeness (QED) is 0.237. The molecule has 0 spiro atoms. The van der Waals surface area contributed by atoms with Crippen molar-refractivity contribution in [2.45, 2.75) is 44.2 Å². The minimum Gasteiger partial charge on any atom is -0.481 e. The second kappa shape index (κ2) is 12.6. The van der Waals surface area contributed by atoms with Crippen LogP contribution in [-0.2, 0) is 25.5 Å². The third-order valence-corrected chi connectivity index (χ3v) is 6.35. The Morgan fingerprint density at radius 1 is 0.923 bits per heavy atom. The first-order chi connectivity index (χ1) is 18.8. The van der Waals surface area contributed by atoms with E-state index in [9.17, 15) is 19.2 Å². The van der Waals surface area contributed by atoms with E-state index in [0.29, 0.717) is 5.39 Å². The minimum absolute atomic E-state index is 0.0287. The van der Waals surface area contributed by atoms with Gasteiger partial charge in [-0.05, 0) is 40.6 Å². The molecular formula is C30H29N3O6. The van der Waals surface area contributed by atoms with Gasteiger partial charge in [0.1, 0.15) is 17.8 Å². The van der Waals surface area contributed by atoms with E-state index in [1.165, 1.54) is 6.20 Å². The van der Waals surface area contributed by atoms with Crippen LogP contribution in [0.25, 0.3) is 21.5 Å². The largest absolute Gasteiger partial charge is 0.481 e. The topological polar surface area (TPSA) is 149 Å². The van der Waals surface area contributed by atoms with Crippen LogP contribution in [0.4, 0.5) is 0 Å². The number of rotatable bonds is 12. The van der Waals surface area contributed by atoms with Gasteiger partial charge in [-0.3, -0.25) is 19.4 Å². The molecule has 4 aromatic rings. The van der Waals surface area contributed by atoms with Crippen molar-refractivity contribution in [1.29, 1.82) is 0 Å². The molecule has 39 heavy (non-hydrogen) atoms. The molecule has 200 valence electrons. The number of fused-ring (bicyclic) bond motifs is 2. The fourth-order valence-electron chi connectivity index (χ4n) is 4.49. The molecule has 1 heterocycles. The summed E-state index contributed by atoms with van der Waals surface area (Å²) in [4.78, 5) is 53.5. The highest BCUT2D eigenvalue weighted by Crippen LogP contribution is 2.20. The molecule has 0 unspecified atom stereocenters. The lowest BCUT2D eigenvalue weighted by molar-refractivity contribution is -0.153. The number of carbonyl (C=O) groups is 4. The molecule has 4 rings (SSSR count). The number of aliphatic carboxylic acids is 1. The van der Waals surface area contributed by atoms with Gasteiger partial charge >= 0.3 is 11.9 Å². The van der Waals surface area contributed by atoms with Crippen molar-refractivity contribution < 1.29 is 29.0 Å². The summed E-state index contributed by atoms with van der Waals surface area (Å²) >= 11 is 0. The Morgan fingerprint density at radius 3 is 2.38 bits per heavy atom. The molecule has 0 aliphatic carbocycles. The highest BCUT2D eigenvalue weighted by atomic mass is 16.5. The second-order valence-corrected chi connectivity index (χ2v) is 9.31. The van der Waals surface area contributed by atoms with E-state index in [2.05, 4.69) is 10.3 Å². The molecule has 0 aliphatic heterocycles. The van der Waals surface area contributed by atoms with E-state index in [4.69, 9.17) is 15.6 Å². The predicted molar refractivity (Wildman–Crippen MR) is 146 cm³/mol. The van der Waals surface area contributed by atoms with Crippen LogP contribution in [0.3, 0.4) is 0 Å². The highest BCUT2D eigenvalue weighted by Gasteiger charge is 2.28. The van der Waals surface area contributed by atoms with E-state index in [-0.39, 0.29) is 37.8 Å². The lowest BCUT2D eigenvalue weighted by Crippen LogP contribution is -2.44. The highest BCUT2D eigenvalue weighted by molar-refractivity contribution is 6.06. The maximum absolute atomic E-state index is 13.3. The maximum atomic E-state index is 13.3. The summed E-state index contributed by atoms with van der Waals surface area (Å²) < 4.78 is 5.70. The molecule has 3 aromatic carbocycles. The molecule has 0 fully saturated rings. The van der Waals surface area contributed by atoms with Crippen LogP contribution in [0.2, 0.25) is 0 Å². The fourth-order valence-corrected chi connectivity index (χ4v) is 4.49. The smallest absolute Gasteiger partial charge is 0.328 e. The van der Waals surface area contributed by atoms with Crippen LogP contribution < -0.4 is 11.1 Å². The predicted octanol–water partition coefficient (Wildman–Crippen LogP) is 3.77. The summed E-state index contributed by atoms with van der Waals surface area (Å²) in [6, 6.07) is 21.4. The summed E-state index contributed by atoms with van der Waals surface area (Å²) in [6.07, 6.45) is 0.630. The number of nitrogens with zero attached hydrogens (tertiary/aromatic N) is 1. The van der Waals surface area contributed by atoms with E-state index in [1.54, 1.807) is 18.2 Å². The number of hydrogen-bond donors (Lipinski definition) is 3. The zero-order valence-corrected chi connectivity index (χ0v) is 21.2. The molecule has 9 heteroatoms. The lowest BCUT2D eigenvalue weighted by Gasteiger charge is -2.22. The first-order valence-corrected chi connectivity index (χ1v) is 12.6. The van der Waals surface area contributed by atoms with Crippen LogP contribution >= 0.6 is 0 Å². The Labute approximate surface area is 225 Å². The van der Waals surface area contributed by atoms with Gasteiger partial charge in [0.05, 0.1) is 6.42 Å². The number of ether oxygens (including phenoxy) is 1. The molecule has 0 radical (unpaired) electrons. The van der Waals surface area contributed by atoms with Gasteiger partial charge in [-0.2, -0.15) is 0 Å². The van der Waals surface area contributed by atoms with E-state index < -0.39 is 35.9 Å². The van der Waals surface area contributed by atoms with Crippen molar-refractivity contribution in [3.05, 3.63) is 90.3 Å². The maximum Gasteiger partial charge on any atom is 0.328 e. The standard InChI is InChI=1S/C30H29N3O6/c31-26(34)18-23(17-19-12-13-20-6-1-2-8-22(20)16-19)39-30(38)25(10-5-11-27(35)36)33-29(37)28-24-9-4-3-7-21(24)14-15-32-28/h1-4,6-9,12-16,23,25H,5,10-11,17-18H2,(H2,31,34)(H,33,37)(H,35,36)/t23-,25-/m0/s1. The van der Waals surface area contributed by atoms with Gasteiger partial charge in [-0.1, -0.05) is 66.7 Å². The number of esters is 1. The van der Waals surface area contributed by atoms with Gasteiger partial charge in [0, 0.05) is 24.4 Å². The van der Waals surface area contributed by atoms with Crippen molar-refractivity contribution in [3.63, 3.8) is 0 Å². The van der Waals surface area contributed by atoms with Crippen LogP contribution in [0.5, 0.6) is 0 Å². The molecule has 0 aliphatic rings. The number of nitrogens with two attached hydrogens (primary N) is 1. The number of amides is 2. The number of primary amides is 1. The Kier molecular flexibility index (Phi) is 8.83. The first-order valence-electron chi connectivity index (χ1n) is 12.6. The van der Waals surface area contributed by atoms with Gasteiger partial charge in [0.15, 0.2) is 0 Å². The van der Waals surface area contributed by atoms with E-state index >= 15 is 0 Å². The molecule has 1 aromatic heterocycles. The summed E-state index contributed by atoms with van der Waals surface area (Å²) in [6.45, 7) is 0. The Morgan fingerprint density at radius 2 is 1.64 bits per heavy atom. The molecule has 9 nitrogen and oxygen atoms in total. The molecular weight excluding hydrogens is 498 g/mol. The van der Waals surface area contributed by atoms with Crippen LogP contribution in [0, 0.1) is 0 Å². The monoisotopic (exact) mass is 527 g/mol. The molecule has 0 saturated carbocycles. The van der Waals surface area contributed by atoms with Gasteiger partial charge < -0.3 is 20.9 Å². The van der Waals surface area contributed by atoms with E-state index in [1.807, 2.05) is 54.6 Å². The average molecular weight is 528 g/mol. The fraction of sp³-hybridized carbons (Fsp3) is 0.233. The Bertz CT molecular complexity index is 1510. The third kappa shape index (κ3) is 7.38. The number of benzene rings is 3. The second-order valence-electron chi connectivity index (χ2n) is 9.31. The van der Waals surface area contributed by atoms with Gasteiger partial charge in [-0.25, -0.2) is 4.79 Å².